The number of ether oxygens (including phenoxy) is 3. The van der Waals surface area contributed by atoms with Crippen LogP contribution < -0.4 is 9.47 Å². The molecule has 2 atom stereocenters. The highest BCUT2D eigenvalue weighted by molar-refractivity contribution is 5.80. The van der Waals surface area contributed by atoms with E-state index in [-0.39, 0.29) is 18.6 Å². The number of nitrogens with zero attached hydrogens (tertiary/aromatic N) is 2. The first-order valence-corrected chi connectivity index (χ1v) is 14.2. The van der Waals surface area contributed by atoms with E-state index in [9.17, 15) is 10.4 Å². The van der Waals surface area contributed by atoms with E-state index in [1.807, 2.05) is 43.3 Å². The first-order chi connectivity index (χ1) is 19.9. The van der Waals surface area contributed by atoms with Crippen LogP contribution >= 0.6 is 0 Å². The molecule has 0 aliphatic carbocycles. The van der Waals surface area contributed by atoms with Gasteiger partial charge < -0.3 is 19.3 Å². The first kappa shape index (κ1) is 29.9. The van der Waals surface area contributed by atoms with Gasteiger partial charge in [0.15, 0.2) is 11.5 Å². The van der Waals surface area contributed by atoms with Crippen LogP contribution in [0.5, 0.6) is 11.5 Å². The molecule has 0 spiro atoms. The number of nitriles is 1. The number of aliphatic hydroxyl groups excluding tert-OH is 1. The summed E-state index contributed by atoms with van der Waals surface area (Å²) >= 11 is 0. The number of benzene rings is 2. The molecule has 1 saturated heterocycles. The molecule has 41 heavy (non-hydrogen) atoms. The Bertz CT molecular complexity index is 1380. The third-order valence-electron chi connectivity index (χ3n) is 7.56. The number of rotatable bonds is 12. The fraction of sp³-hybridized carbons (Fsp3) is 0.343. The lowest BCUT2D eigenvalue weighted by molar-refractivity contribution is 0.160. The highest BCUT2D eigenvalue weighted by Gasteiger charge is 2.26. The van der Waals surface area contributed by atoms with Gasteiger partial charge >= 0.3 is 0 Å². The van der Waals surface area contributed by atoms with Gasteiger partial charge in [-0.25, -0.2) is 0 Å². The lowest BCUT2D eigenvalue weighted by Gasteiger charge is -2.27. The zero-order chi connectivity index (χ0) is 29.2. The van der Waals surface area contributed by atoms with Gasteiger partial charge in [0.05, 0.1) is 18.2 Å². The number of likely N-dealkylation sites (tertiary alicyclic amines) is 1. The van der Waals surface area contributed by atoms with Crippen LogP contribution in [0.3, 0.4) is 0 Å². The van der Waals surface area contributed by atoms with Crippen LogP contribution in [0.4, 0.5) is 0 Å². The number of fused-ring (bicyclic) bond motifs is 1. The Morgan fingerprint density at radius 1 is 1.22 bits per heavy atom. The van der Waals surface area contributed by atoms with Crippen molar-refractivity contribution in [3.63, 3.8) is 0 Å². The van der Waals surface area contributed by atoms with Gasteiger partial charge in [0.2, 0.25) is 0 Å². The second-order valence-electron chi connectivity index (χ2n) is 10.5. The van der Waals surface area contributed by atoms with Gasteiger partial charge in [0.25, 0.3) is 0 Å². The van der Waals surface area contributed by atoms with E-state index in [2.05, 4.69) is 49.3 Å². The summed E-state index contributed by atoms with van der Waals surface area (Å²) in [6.45, 7) is 15.6. The van der Waals surface area contributed by atoms with Gasteiger partial charge in [-0.1, -0.05) is 62.1 Å². The van der Waals surface area contributed by atoms with Crippen LogP contribution in [0.1, 0.15) is 43.4 Å². The molecule has 6 heteroatoms. The Morgan fingerprint density at radius 3 is 2.76 bits per heavy atom. The normalized spacial score (nSPS) is 18.5. The molecule has 2 heterocycles. The van der Waals surface area contributed by atoms with Crippen molar-refractivity contribution in [2.24, 2.45) is 5.92 Å². The topological polar surface area (TPSA) is 75.0 Å². The zero-order valence-electron chi connectivity index (χ0n) is 24.1. The van der Waals surface area contributed by atoms with Crippen molar-refractivity contribution in [3.05, 3.63) is 114 Å². The van der Waals surface area contributed by atoms with Crippen LogP contribution in [0.15, 0.2) is 96.8 Å². The van der Waals surface area contributed by atoms with Crippen LogP contribution in [0.25, 0.3) is 5.57 Å². The van der Waals surface area contributed by atoms with Crippen molar-refractivity contribution >= 4 is 5.57 Å². The Morgan fingerprint density at radius 2 is 2.02 bits per heavy atom. The standard InChI is InChI=1S/C35H40N2O4/c1-5-33(41-24-28-11-7-10-27(19-28)21-36)32(22-37-16-8-12-30(37)23-38)26(4)9-6-13-31(25(2)3)29-14-15-34-35(20-29)40-18-17-39-34/h5-7,9-11,13-15,19-20,26,30,38H,1-2,8,12,16-18,22-24H2,3-4H3/b9-6-,31-13+,33-32+/t26?,30-/m0/s1. The average Bonchev–Trinajstić information content (AvgIpc) is 3.45. The van der Waals surface area contributed by atoms with Gasteiger partial charge in [-0.3, -0.25) is 4.90 Å². The van der Waals surface area contributed by atoms with E-state index in [0.29, 0.717) is 31.9 Å². The van der Waals surface area contributed by atoms with Crippen molar-refractivity contribution in [1.29, 1.82) is 5.26 Å². The maximum absolute atomic E-state index is 9.94. The van der Waals surface area contributed by atoms with E-state index in [0.717, 1.165) is 64.5 Å². The summed E-state index contributed by atoms with van der Waals surface area (Å²) in [7, 11) is 0. The van der Waals surface area contributed by atoms with Crippen molar-refractivity contribution in [1.82, 2.24) is 4.90 Å². The minimum absolute atomic E-state index is 0.0382. The van der Waals surface area contributed by atoms with Crippen molar-refractivity contribution in [2.75, 3.05) is 32.9 Å². The van der Waals surface area contributed by atoms with E-state index in [1.165, 1.54) is 0 Å². The fourth-order valence-electron chi connectivity index (χ4n) is 5.28. The first-order valence-electron chi connectivity index (χ1n) is 14.2. The molecule has 214 valence electrons. The predicted molar refractivity (Wildman–Crippen MR) is 163 cm³/mol. The Hall–Kier alpha value is -4.05. The second-order valence-corrected chi connectivity index (χ2v) is 10.5. The number of hydrogen-bond acceptors (Lipinski definition) is 6. The summed E-state index contributed by atoms with van der Waals surface area (Å²) in [6.07, 6.45) is 10.1. The number of hydrogen-bond donors (Lipinski definition) is 1. The molecule has 0 bridgehead atoms. The molecule has 0 aromatic heterocycles. The smallest absolute Gasteiger partial charge is 0.161 e. The monoisotopic (exact) mass is 552 g/mol. The van der Waals surface area contributed by atoms with E-state index >= 15 is 0 Å². The lowest BCUT2D eigenvalue weighted by Crippen LogP contribution is -2.35. The second kappa shape index (κ2) is 14.5. The molecule has 0 saturated carbocycles. The predicted octanol–water partition coefficient (Wildman–Crippen LogP) is 6.59. The fourth-order valence-corrected chi connectivity index (χ4v) is 5.28. The molecule has 2 aliphatic heterocycles. The molecule has 0 amide bonds. The van der Waals surface area contributed by atoms with Crippen LogP contribution in [-0.2, 0) is 11.3 Å². The lowest BCUT2D eigenvalue weighted by atomic mass is 9.96. The van der Waals surface area contributed by atoms with E-state index in [4.69, 9.17) is 14.2 Å². The molecule has 1 unspecified atom stereocenters. The highest BCUT2D eigenvalue weighted by atomic mass is 16.6. The van der Waals surface area contributed by atoms with E-state index < -0.39 is 0 Å². The van der Waals surface area contributed by atoms with Crippen molar-refractivity contribution in [2.45, 2.75) is 39.3 Å². The highest BCUT2D eigenvalue weighted by Crippen LogP contribution is 2.34. The molecular formula is C35H40N2O4. The quantitative estimate of drug-likeness (QED) is 0.236. The summed E-state index contributed by atoms with van der Waals surface area (Å²) in [6, 6.07) is 15.8. The summed E-state index contributed by atoms with van der Waals surface area (Å²) in [5.74, 6) is 2.28. The van der Waals surface area contributed by atoms with Crippen LogP contribution in [0, 0.1) is 17.2 Å². The summed E-state index contributed by atoms with van der Waals surface area (Å²) in [5, 5.41) is 19.2. The third-order valence-corrected chi connectivity index (χ3v) is 7.56. The zero-order valence-corrected chi connectivity index (χ0v) is 24.1. The molecule has 0 radical (unpaired) electrons. The molecule has 6 nitrogen and oxygen atoms in total. The van der Waals surface area contributed by atoms with E-state index in [1.54, 1.807) is 12.1 Å². The maximum atomic E-state index is 9.94. The Kier molecular flexibility index (Phi) is 10.6. The van der Waals surface area contributed by atoms with Gasteiger partial charge in [-0.05, 0) is 78.9 Å². The number of allylic oxidation sites excluding steroid dienone is 6. The van der Waals surface area contributed by atoms with Crippen LogP contribution in [0.2, 0.25) is 0 Å². The average molecular weight is 553 g/mol. The minimum Gasteiger partial charge on any atom is -0.489 e. The molecule has 2 aromatic carbocycles. The maximum Gasteiger partial charge on any atom is 0.161 e. The SMILES string of the molecule is C=C/C(OCc1cccc(C#N)c1)=C(/CN1CCC[C@H]1CO)C(C)/C=C\C=C(/C(=C)C)c1ccc2c(c1)OCCO2. The molecule has 1 fully saturated rings. The Balaban J connectivity index is 1.60. The Labute approximate surface area is 244 Å². The molecule has 2 aromatic rings. The molecule has 2 aliphatic rings. The van der Waals surface area contributed by atoms with Crippen molar-refractivity contribution in [3.8, 4) is 17.6 Å². The minimum atomic E-state index is 0.0382. The van der Waals surface area contributed by atoms with Crippen molar-refractivity contribution < 1.29 is 19.3 Å². The molecular weight excluding hydrogens is 512 g/mol. The van der Waals surface area contributed by atoms with Gasteiger partial charge in [0.1, 0.15) is 25.6 Å². The molecule has 4 rings (SSSR count). The largest absolute Gasteiger partial charge is 0.489 e. The van der Waals surface area contributed by atoms with Gasteiger partial charge in [-0.2, -0.15) is 5.26 Å². The third kappa shape index (κ3) is 7.79. The number of aliphatic hydroxyl groups is 1. The van der Waals surface area contributed by atoms with Gasteiger partial charge in [0, 0.05) is 18.5 Å². The summed E-state index contributed by atoms with van der Waals surface area (Å²) in [5.41, 5.74) is 5.62. The summed E-state index contributed by atoms with van der Waals surface area (Å²) in [4.78, 5) is 2.33. The van der Waals surface area contributed by atoms with Crippen LogP contribution in [-0.4, -0.2) is 49.0 Å². The van der Waals surface area contributed by atoms with Gasteiger partial charge in [-0.15, -0.1) is 0 Å². The molecule has 1 N–H and O–H groups in total. The summed E-state index contributed by atoms with van der Waals surface area (Å²) < 4.78 is 17.8.